The lowest BCUT2D eigenvalue weighted by molar-refractivity contribution is -0.0542. The lowest BCUT2D eigenvalue weighted by Crippen LogP contribution is -2.28. The Bertz CT molecular complexity index is 165. The van der Waals surface area contributed by atoms with Gasteiger partial charge < -0.3 is 20.5 Å². The molecule has 0 aromatic carbocycles. The summed E-state index contributed by atoms with van der Waals surface area (Å²) in [4.78, 5) is 0. The van der Waals surface area contributed by atoms with Gasteiger partial charge in [-0.25, -0.2) is 0 Å². The summed E-state index contributed by atoms with van der Waals surface area (Å²) in [7, 11) is 0. The molecule has 0 saturated carbocycles. The van der Waals surface area contributed by atoms with Crippen molar-refractivity contribution in [2.24, 2.45) is 0 Å². The van der Waals surface area contributed by atoms with E-state index in [2.05, 4.69) is 6.92 Å². The highest BCUT2D eigenvalue weighted by Gasteiger charge is 1.98. The lowest BCUT2D eigenvalue weighted by Gasteiger charge is -2.28. The highest BCUT2D eigenvalue weighted by atomic mass is 16.5. The SMILES string of the molecule is CCCCCCCCCCCCN([O-])CC(O)O. The molecule has 18 heavy (non-hydrogen) atoms. The van der Waals surface area contributed by atoms with Crippen molar-refractivity contribution in [3.63, 3.8) is 0 Å². The van der Waals surface area contributed by atoms with Crippen molar-refractivity contribution in [1.82, 2.24) is 5.06 Å². The van der Waals surface area contributed by atoms with Crippen LogP contribution in [0.5, 0.6) is 0 Å². The van der Waals surface area contributed by atoms with E-state index in [1.165, 1.54) is 51.4 Å². The fourth-order valence-electron chi connectivity index (χ4n) is 2.05. The standard InChI is InChI=1S/C14H30NO3/c1-2-3-4-5-6-7-8-9-10-11-12-15(18)13-14(16)17/h14,16-17H,2-13H2,1H3/q-1. The first kappa shape index (κ1) is 17.8. The summed E-state index contributed by atoms with van der Waals surface area (Å²) in [6.07, 6.45) is 10.9. The molecule has 0 saturated heterocycles. The van der Waals surface area contributed by atoms with Crippen molar-refractivity contribution in [1.29, 1.82) is 0 Å². The first-order valence-electron chi connectivity index (χ1n) is 7.45. The highest BCUT2D eigenvalue weighted by Crippen LogP contribution is 2.10. The number of aliphatic hydroxyl groups is 2. The van der Waals surface area contributed by atoms with Crippen LogP contribution < -0.4 is 0 Å². The number of rotatable bonds is 13. The summed E-state index contributed by atoms with van der Waals surface area (Å²) < 4.78 is 0. The molecule has 0 bridgehead atoms. The van der Waals surface area contributed by atoms with Crippen LogP contribution in [0.1, 0.15) is 71.1 Å². The van der Waals surface area contributed by atoms with Gasteiger partial charge in [-0.2, -0.15) is 0 Å². The molecular weight excluding hydrogens is 230 g/mol. The molecule has 0 amide bonds. The zero-order valence-corrected chi connectivity index (χ0v) is 11.8. The summed E-state index contributed by atoms with van der Waals surface area (Å²) in [6.45, 7) is 2.45. The van der Waals surface area contributed by atoms with Crippen LogP contribution >= 0.6 is 0 Å². The summed E-state index contributed by atoms with van der Waals surface area (Å²) >= 11 is 0. The zero-order valence-electron chi connectivity index (χ0n) is 11.8. The van der Waals surface area contributed by atoms with Gasteiger partial charge in [-0.1, -0.05) is 64.7 Å². The van der Waals surface area contributed by atoms with E-state index in [1.807, 2.05) is 0 Å². The summed E-state index contributed by atoms with van der Waals surface area (Å²) in [5, 5.41) is 29.0. The van der Waals surface area contributed by atoms with Crippen molar-refractivity contribution in [3.8, 4) is 0 Å². The molecule has 0 aromatic heterocycles. The maximum Gasteiger partial charge on any atom is 0.163 e. The minimum Gasteiger partial charge on any atom is -0.785 e. The number of hydrogen-bond donors (Lipinski definition) is 2. The predicted octanol–water partition coefficient (Wildman–Crippen LogP) is 3.02. The highest BCUT2D eigenvalue weighted by molar-refractivity contribution is 4.58. The Morgan fingerprint density at radius 3 is 1.72 bits per heavy atom. The smallest absolute Gasteiger partial charge is 0.163 e. The second-order valence-electron chi connectivity index (χ2n) is 5.05. The Morgan fingerprint density at radius 1 is 0.833 bits per heavy atom. The monoisotopic (exact) mass is 260 g/mol. The average Bonchev–Trinajstić information content (AvgIpc) is 2.30. The fourth-order valence-corrected chi connectivity index (χ4v) is 2.05. The van der Waals surface area contributed by atoms with Crippen molar-refractivity contribution >= 4 is 0 Å². The van der Waals surface area contributed by atoms with Gasteiger partial charge in [-0.05, 0) is 13.0 Å². The van der Waals surface area contributed by atoms with E-state index >= 15 is 0 Å². The molecule has 0 heterocycles. The Hall–Kier alpha value is -0.160. The fraction of sp³-hybridized carbons (Fsp3) is 1.00. The number of nitrogens with zero attached hydrogens (tertiary/aromatic N) is 1. The topological polar surface area (TPSA) is 66.8 Å². The van der Waals surface area contributed by atoms with Crippen LogP contribution in [-0.2, 0) is 0 Å². The van der Waals surface area contributed by atoms with Gasteiger partial charge in [-0.15, -0.1) is 0 Å². The van der Waals surface area contributed by atoms with E-state index in [1.54, 1.807) is 0 Å². The van der Waals surface area contributed by atoms with Crippen LogP contribution in [0.3, 0.4) is 0 Å². The van der Waals surface area contributed by atoms with Crippen LogP contribution in [0.2, 0.25) is 0 Å². The van der Waals surface area contributed by atoms with Gasteiger partial charge in [0.15, 0.2) is 6.29 Å². The average molecular weight is 260 g/mol. The van der Waals surface area contributed by atoms with E-state index in [9.17, 15) is 5.21 Å². The van der Waals surface area contributed by atoms with Gasteiger partial charge in [0.05, 0.1) is 0 Å². The van der Waals surface area contributed by atoms with Crippen LogP contribution in [0, 0.1) is 5.21 Å². The molecule has 0 aliphatic heterocycles. The van der Waals surface area contributed by atoms with Crippen molar-refractivity contribution < 1.29 is 10.2 Å². The Balaban J connectivity index is 3.07. The molecule has 0 radical (unpaired) electrons. The molecule has 110 valence electrons. The van der Waals surface area contributed by atoms with Crippen molar-refractivity contribution in [2.75, 3.05) is 13.1 Å². The first-order chi connectivity index (χ1) is 8.66. The molecular formula is C14H30NO3-. The molecule has 0 aliphatic rings. The van der Waals surface area contributed by atoms with E-state index in [-0.39, 0.29) is 6.54 Å². The van der Waals surface area contributed by atoms with E-state index in [4.69, 9.17) is 10.2 Å². The summed E-state index contributed by atoms with van der Waals surface area (Å²) in [6, 6.07) is 0. The first-order valence-corrected chi connectivity index (χ1v) is 7.45. The second kappa shape index (κ2) is 13.3. The van der Waals surface area contributed by atoms with Crippen LogP contribution in [0.4, 0.5) is 0 Å². The molecule has 0 aromatic rings. The van der Waals surface area contributed by atoms with Gasteiger partial charge in [0.2, 0.25) is 0 Å². The molecule has 2 N–H and O–H groups in total. The van der Waals surface area contributed by atoms with E-state index < -0.39 is 6.29 Å². The molecule has 0 unspecified atom stereocenters. The third kappa shape index (κ3) is 13.9. The Morgan fingerprint density at radius 2 is 1.28 bits per heavy atom. The number of hydrogen-bond acceptors (Lipinski definition) is 4. The number of unbranched alkanes of at least 4 members (excludes halogenated alkanes) is 9. The number of hydroxylamine groups is 2. The van der Waals surface area contributed by atoms with Gasteiger partial charge in [-0.3, -0.25) is 0 Å². The summed E-state index contributed by atoms with van der Waals surface area (Å²) in [5.74, 6) is 0. The molecule has 4 nitrogen and oxygen atoms in total. The van der Waals surface area contributed by atoms with Crippen molar-refractivity contribution in [2.45, 2.75) is 77.4 Å². The Labute approximate surface area is 112 Å². The quantitative estimate of drug-likeness (QED) is 0.303. The third-order valence-corrected chi connectivity index (χ3v) is 3.13. The summed E-state index contributed by atoms with van der Waals surface area (Å²) in [5.41, 5.74) is 0. The molecule has 0 atom stereocenters. The van der Waals surface area contributed by atoms with E-state index in [0.29, 0.717) is 6.54 Å². The molecule has 0 rings (SSSR count). The molecule has 0 fully saturated rings. The predicted molar refractivity (Wildman–Crippen MR) is 75.0 cm³/mol. The Kier molecular flexibility index (Phi) is 13.2. The molecule has 0 aliphatic carbocycles. The van der Waals surface area contributed by atoms with Crippen molar-refractivity contribution in [3.05, 3.63) is 5.21 Å². The van der Waals surface area contributed by atoms with Gasteiger partial charge in [0.25, 0.3) is 0 Å². The van der Waals surface area contributed by atoms with Crippen LogP contribution in [0.25, 0.3) is 0 Å². The van der Waals surface area contributed by atoms with Crippen LogP contribution in [0.15, 0.2) is 0 Å². The maximum atomic E-state index is 11.1. The normalized spacial score (nSPS) is 11.7. The van der Waals surface area contributed by atoms with E-state index in [0.717, 1.165) is 17.9 Å². The molecule has 4 heteroatoms. The number of aliphatic hydroxyl groups excluding tert-OH is 1. The lowest BCUT2D eigenvalue weighted by atomic mass is 10.1. The molecule has 0 spiro atoms. The minimum atomic E-state index is -1.51. The minimum absolute atomic E-state index is 0.197. The van der Waals surface area contributed by atoms with Gasteiger partial charge in [0.1, 0.15) is 0 Å². The zero-order chi connectivity index (χ0) is 13.6. The van der Waals surface area contributed by atoms with Gasteiger partial charge >= 0.3 is 0 Å². The third-order valence-electron chi connectivity index (χ3n) is 3.13. The largest absolute Gasteiger partial charge is 0.785 e. The maximum absolute atomic E-state index is 11.1. The second-order valence-corrected chi connectivity index (χ2v) is 5.05. The van der Waals surface area contributed by atoms with Crippen LogP contribution in [-0.4, -0.2) is 34.7 Å². The van der Waals surface area contributed by atoms with Gasteiger partial charge in [0, 0.05) is 6.54 Å².